The van der Waals surface area contributed by atoms with Gasteiger partial charge < -0.3 is 0 Å². The molecule has 0 radical (unpaired) electrons. The van der Waals surface area contributed by atoms with Crippen LogP contribution >= 0.6 is 0 Å². The molecule has 1 aliphatic carbocycles. The Bertz CT molecular complexity index is 284. The zero-order valence-corrected chi connectivity index (χ0v) is 9.86. The second-order valence-corrected chi connectivity index (χ2v) is 4.85. The largest absolute Gasteiger partial charge is 0.243 e. The first-order chi connectivity index (χ1) is 7.38. The van der Waals surface area contributed by atoms with E-state index in [0.29, 0.717) is 0 Å². The summed E-state index contributed by atoms with van der Waals surface area (Å²) < 4.78 is 4.66. The third-order valence-corrected chi connectivity index (χ3v) is 3.42. The lowest BCUT2D eigenvalue weighted by atomic mass is 9.89. The molecule has 0 atom stereocenters. The molecule has 1 saturated carbocycles. The minimum absolute atomic E-state index is 0.932. The molecule has 1 fully saturated rings. The summed E-state index contributed by atoms with van der Waals surface area (Å²) in [6.45, 7) is 4.61. The van der Waals surface area contributed by atoms with Crippen molar-refractivity contribution in [2.75, 3.05) is 0 Å². The summed E-state index contributed by atoms with van der Waals surface area (Å²) in [6, 6.07) is 0. The zero-order valence-electron chi connectivity index (χ0n) is 9.86. The molecule has 0 unspecified atom stereocenters. The van der Waals surface area contributed by atoms with Gasteiger partial charge in [-0.25, -0.2) is 9.13 Å². The second-order valence-electron chi connectivity index (χ2n) is 4.85. The molecular weight excluding hydrogens is 184 g/mol. The van der Waals surface area contributed by atoms with Gasteiger partial charge in [-0.15, -0.1) is 0 Å². The van der Waals surface area contributed by atoms with Gasteiger partial charge in [-0.05, 0) is 25.2 Å². The number of hydrogen-bond acceptors (Lipinski definition) is 0. The molecule has 1 aromatic heterocycles. The highest BCUT2D eigenvalue weighted by atomic mass is 15.1. The fraction of sp³-hybridized carbons (Fsp3) is 0.769. The number of imidazole rings is 1. The van der Waals surface area contributed by atoms with E-state index in [2.05, 4.69) is 34.8 Å². The maximum absolute atomic E-state index is 2.37. The highest BCUT2D eigenvalue weighted by Gasteiger charge is 2.16. The van der Waals surface area contributed by atoms with Crippen LogP contribution in [0.3, 0.4) is 0 Å². The van der Waals surface area contributed by atoms with E-state index in [4.69, 9.17) is 0 Å². The van der Waals surface area contributed by atoms with Crippen molar-refractivity contribution in [1.82, 2.24) is 4.57 Å². The minimum atomic E-state index is 0.932. The summed E-state index contributed by atoms with van der Waals surface area (Å²) in [5.41, 5.74) is 0. The van der Waals surface area contributed by atoms with Gasteiger partial charge in [-0.2, -0.15) is 0 Å². The van der Waals surface area contributed by atoms with Crippen molar-refractivity contribution in [3.8, 4) is 0 Å². The van der Waals surface area contributed by atoms with Crippen molar-refractivity contribution in [3.05, 3.63) is 18.7 Å². The van der Waals surface area contributed by atoms with Crippen LogP contribution in [0.5, 0.6) is 0 Å². The van der Waals surface area contributed by atoms with Gasteiger partial charge in [-0.3, -0.25) is 0 Å². The molecule has 2 heteroatoms. The van der Waals surface area contributed by atoms with Crippen molar-refractivity contribution < 1.29 is 4.57 Å². The molecule has 1 aliphatic rings. The van der Waals surface area contributed by atoms with Crippen molar-refractivity contribution in [2.45, 2.75) is 58.5 Å². The standard InChI is InChI=1S/C13H23N2/c1-2-8-14-9-10-15(12-14)11-13-6-4-3-5-7-13/h9-10,12-13H,2-8,11H2,1H3/q+1. The third-order valence-electron chi connectivity index (χ3n) is 3.42. The average molecular weight is 207 g/mol. The van der Waals surface area contributed by atoms with Crippen molar-refractivity contribution >= 4 is 0 Å². The molecule has 0 bridgehead atoms. The molecule has 0 aliphatic heterocycles. The number of hydrogen-bond donors (Lipinski definition) is 0. The fourth-order valence-corrected chi connectivity index (χ4v) is 2.61. The molecule has 0 amide bonds. The van der Waals surface area contributed by atoms with Gasteiger partial charge in [0, 0.05) is 0 Å². The summed E-state index contributed by atoms with van der Waals surface area (Å²) in [5.74, 6) is 0.932. The highest BCUT2D eigenvalue weighted by molar-refractivity contribution is 4.67. The molecule has 0 aromatic carbocycles. The number of nitrogens with zero attached hydrogens (tertiary/aromatic N) is 2. The van der Waals surface area contributed by atoms with E-state index in [0.717, 1.165) is 12.5 Å². The lowest BCUT2D eigenvalue weighted by molar-refractivity contribution is -0.703. The van der Waals surface area contributed by atoms with E-state index in [1.807, 2.05) is 0 Å². The topological polar surface area (TPSA) is 8.81 Å². The van der Waals surface area contributed by atoms with E-state index >= 15 is 0 Å². The normalized spacial score (nSPS) is 18.2. The first-order valence-electron chi connectivity index (χ1n) is 6.43. The van der Waals surface area contributed by atoms with Crippen molar-refractivity contribution in [2.24, 2.45) is 5.92 Å². The molecule has 0 N–H and O–H groups in total. The summed E-state index contributed by atoms with van der Waals surface area (Å²) in [4.78, 5) is 0. The Labute approximate surface area is 92.9 Å². The Morgan fingerprint density at radius 1 is 1.27 bits per heavy atom. The van der Waals surface area contributed by atoms with Gasteiger partial charge in [0.25, 0.3) is 0 Å². The number of aromatic nitrogens is 2. The zero-order chi connectivity index (χ0) is 10.5. The number of rotatable bonds is 4. The Kier molecular flexibility index (Phi) is 3.81. The predicted molar refractivity (Wildman–Crippen MR) is 61.5 cm³/mol. The van der Waals surface area contributed by atoms with E-state index in [1.165, 1.54) is 45.1 Å². The fourth-order valence-electron chi connectivity index (χ4n) is 2.61. The van der Waals surface area contributed by atoms with Crippen molar-refractivity contribution in [3.63, 3.8) is 0 Å². The smallest absolute Gasteiger partial charge is 0.237 e. The van der Waals surface area contributed by atoms with Crippen LogP contribution < -0.4 is 4.57 Å². The molecule has 0 saturated heterocycles. The summed E-state index contributed by atoms with van der Waals surface area (Å²) in [7, 11) is 0. The van der Waals surface area contributed by atoms with Crippen LogP contribution in [0.2, 0.25) is 0 Å². The maximum atomic E-state index is 2.37. The predicted octanol–water partition coefficient (Wildman–Crippen LogP) is 2.77. The van der Waals surface area contributed by atoms with Crippen LogP contribution in [0.1, 0.15) is 45.4 Å². The molecule has 2 rings (SSSR count). The summed E-state index contributed by atoms with van der Waals surface area (Å²) >= 11 is 0. The molecule has 0 spiro atoms. The Morgan fingerprint density at radius 2 is 2.07 bits per heavy atom. The van der Waals surface area contributed by atoms with Crippen LogP contribution in [0, 0.1) is 5.92 Å². The summed E-state index contributed by atoms with van der Waals surface area (Å²) in [5, 5.41) is 0. The SMILES string of the molecule is CCCn1cc[n+](CC2CCCCC2)c1. The van der Waals surface area contributed by atoms with Gasteiger partial charge >= 0.3 is 0 Å². The Morgan fingerprint density at radius 3 is 2.80 bits per heavy atom. The first-order valence-corrected chi connectivity index (χ1v) is 6.43. The van der Waals surface area contributed by atoms with E-state index < -0.39 is 0 Å². The van der Waals surface area contributed by atoms with Crippen LogP contribution in [0.4, 0.5) is 0 Å². The highest BCUT2D eigenvalue weighted by Crippen LogP contribution is 2.23. The lowest BCUT2D eigenvalue weighted by Gasteiger charge is -2.19. The van der Waals surface area contributed by atoms with Crippen LogP contribution in [-0.4, -0.2) is 4.57 Å². The quantitative estimate of drug-likeness (QED) is 0.671. The van der Waals surface area contributed by atoms with E-state index in [-0.39, 0.29) is 0 Å². The van der Waals surface area contributed by atoms with Gasteiger partial charge in [0.05, 0.1) is 13.1 Å². The third kappa shape index (κ3) is 3.08. The molecule has 84 valence electrons. The minimum Gasteiger partial charge on any atom is -0.237 e. The Balaban J connectivity index is 1.86. The Hall–Kier alpha value is -0.790. The summed E-state index contributed by atoms with van der Waals surface area (Å²) in [6.07, 6.45) is 15.1. The maximum Gasteiger partial charge on any atom is 0.243 e. The molecule has 15 heavy (non-hydrogen) atoms. The second kappa shape index (κ2) is 5.34. The average Bonchev–Trinajstić information content (AvgIpc) is 2.68. The molecule has 1 aromatic rings. The van der Waals surface area contributed by atoms with Gasteiger partial charge in [0.2, 0.25) is 6.33 Å². The van der Waals surface area contributed by atoms with Crippen LogP contribution in [0.15, 0.2) is 18.7 Å². The number of aryl methyl sites for hydroxylation is 1. The van der Waals surface area contributed by atoms with Crippen LogP contribution in [0.25, 0.3) is 0 Å². The van der Waals surface area contributed by atoms with Crippen LogP contribution in [-0.2, 0) is 13.1 Å². The first kappa shape index (κ1) is 10.7. The van der Waals surface area contributed by atoms with Crippen molar-refractivity contribution in [1.29, 1.82) is 0 Å². The van der Waals surface area contributed by atoms with Gasteiger partial charge in [0.1, 0.15) is 12.4 Å². The monoisotopic (exact) mass is 207 g/mol. The van der Waals surface area contributed by atoms with E-state index in [9.17, 15) is 0 Å². The molecule has 2 nitrogen and oxygen atoms in total. The lowest BCUT2D eigenvalue weighted by Crippen LogP contribution is -2.36. The van der Waals surface area contributed by atoms with E-state index in [1.54, 1.807) is 0 Å². The molecular formula is C13H23N2+. The van der Waals surface area contributed by atoms with Gasteiger partial charge in [0.15, 0.2) is 0 Å². The van der Waals surface area contributed by atoms with Gasteiger partial charge in [-0.1, -0.05) is 26.2 Å². The molecule has 1 heterocycles.